The van der Waals surface area contributed by atoms with Gasteiger partial charge in [0.1, 0.15) is 11.6 Å². The molecule has 0 heterocycles. The van der Waals surface area contributed by atoms with Crippen LogP contribution in [0, 0.1) is 23.1 Å². The summed E-state index contributed by atoms with van der Waals surface area (Å²) in [5.41, 5.74) is 0.703. The van der Waals surface area contributed by atoms with Crippen LogP contribution in [-0.4, -0.2) is 13.7 Å². The van der Waals surface area contributed by atoms with Gasteiger partial charge in [-0.3, -0.25) is 0 Å². The smallest absolute Gasteiger partial charge is 0.124 e. The molecule has 0 aliphatic carbocycles. The lowest BCUT2D eigenvalue weighted by Gasteiger charge is -2.22. The van der Waals surface area contributed by atoms with Gasteiger partial charge in [-0.15, -0.1) is 0 Å². The zero-order valence-corrected chi connectivity index (χ0v) is 11.6. The summed E-state index contributed by atoms with van der Waals surface area (Å²) in [7, 11) is 1.55. The second kappa shape index (κ2) is 7.75. The SMILES string of the molecule is COc1ccc(F)cc1[C@H](CC(C)C)OCCC#N. The molecule has 1 rings (SSSR count). The molecule has 1 aromatic carbocycles. The van der Waals surface area contributed by atoms with Gasteiger partial charge in [0.15, 0.2) is 0 Å². The Bertz CT molecular complexity index is 440. The second-order valence-electron chi connectivity index (χ2n) is 4.78. The largest absolute Gasteiger partial charge is 0.496 e. The molecule has 0 saturated carbocycles. The highest BCUT2D eigenvalue weighted by atomic mass is 19.1. The summed E-state index contributed by atoms with van der Waals surface area (Å²) in [5, 5.41) is 8.56. The van der Waals surface area contributed by atoms with Crippen molar-refractivity contribution in [1.29, 1.82) is 5.26 Å². The van der Waals surface area contributed by atoms with E-state index < -0.39 is 0 Å². The summed E-state index contributed by atoms with van der Waals surface area (Å²) in [4.78, 5) is 0. The number of benzene rings is 1. The number of rotatable bonds is 7. The van der Waals surface area contributed by atoms with Crippen LogP contribution in [-0.2, 0) is 4.74 Å². The van der Waals surface area contributed by atoms with E-state index in [4.69, 9.17) is 14.7 Å². The highest BCUT2D eigenvalue weighted by Gasteiger charge is 2.19. The molecule has 0 fully saturated rings. The zero-order valence-electron chi connectivity index (χ0n) is 11.6. The van der Waals surface area contributed by atoms with Gasteiger partial charge >= 0.3 is 0 Å². The molecule has 1 aromatic rings. The molecular weight excluding hydrogens is 245 g/mol. The molecular formula is C15H20FNO2. The van der Waals surface area contributed by atoms with E-state index in [2.05, 4.69) is 13.8 Å². The van der Waals surface area contributed by atoms with Crippen molar-refractivity contribution in [3.8, 4) is 11.8 Å². The molecule has 0 unspecified atom stereocenters. The van der Waals surface area contributed by atoms with E-state index >= 15 is 0 Å². The maximum Gasteiger partial charge on any atom is 0.124 e. The van der Waals surface area contributed by atoms with Crippen LogP contribution in [0.1, 0.15) is 38.4 Å². The van der Waals surface area contributed by atoms with Crippen molar-refractivity contribution in [2.75, 3.05) is 13.7 Å². The highest BCUT2D eigenvalue weighted by Crippen LogP contribution is 2.32. The number of hydrogen-bond acceptors (Lipinski definition) is 3. The summed E-state index contributed by atoms with van der Waals surface area (Å²) in [5.74, 6) is 0.706. The number of nitrogens with zero attached hydrogens (tertiary/aromatic N) is 1. The monoisotopic (exact) mass is 265 g/mol. The first-order valence-electron chi connectivity index (χ1n) is 6.40. The van der Waals surface area contributed by atoms with Gasteiger partial charge in [-0.25, -0.2) is 4.39 Å². The summed E-state index contributed by atoms with van der Waals surface area (Å²) in [6.45, 7) is 4.49. The summed E-state index contributed by atoms with van der Waals surface area (Å²) >= 11 is 0. The molecule has 0 aromatic heterocycles. The fourth-order valence-corrected chi connectivity index (χ4v) is 1.92. The maximum absolute atomic E-state index is 13.4. The van der Waals surface area contributed by atoms with Crippen LogP contribution in [0.25, 0.3) is 0 Å². The number of nitriles is 1. The van der Waals surface area contributed by atoms with Crippen molar-refractivity contribution < 1.29 is 13.9 Å². The lowest BCUT2D eigenvalue weighted by atomic mass is 9.98. The van der Waals surface area contributed by atoms with Crippen molar-refractivity contribution in [1.82, 2.24) is 0 Å². The Balaban J connectivity index is 2.95. The highest BCUT2D eigenvalue weighted by molar-refractivity contribution is 5.35. The Kier molecular flexibility index (Phi) is 6.31. The van der Waals surface area contributed by atoms with E-state index in [1.165, 1.54) is 12.1 Å². The summed E-state index contributed by atoms with van der Waals surface area (Å²) < 4.78 is 24.4. The fraction of sp³-hybridized carbons (Fsp3) is 0.533. The van der Waals surface area contributed by atoms with Crippen LogP contribution in [0.15, 0.2) is 18.2 Å². The molecule has 0 bridgehead atoms. The molecule has 19 heavy (non-hydrogen) atoms. The van der Waals surface area contributed by atoms with Gasteiger partial charge in [-0.2, -0.15) is 5.26 Å². The normalized spacial score (nSPS) is 12.2. The fourth-order valence-electron chi connectivity index (χ4n) is 1.92. The molecule has 0 aliphatic heterocycles. The Morgan fingerprint density at radius 2 is 2.11 bits per heavy atom. The molecule has 0 amide bonds. The topological polar surface area (TPSA) is 42.2 Å². The van der Waals surface area contributed by atoms with Crippen molar-refractivity contribution in [3.63, 3.8) is 0 Å². The van der Waals surface area contributed by atoms with Gasteiger partial charge in [0.05, 0.1) is 32.3 Å². The van der Waals surface area contributed by atoms with E-state index in [9.17, 15) is 4.39 Å². The van der Waals surface area contributed by atoms with Crippen molar-refractivity contribution in [3.05, 3.63) is 29.6 Å². The Morgan fingerprint density at radius 1 is 1.37 bits per heavy atom. The van der Waals surface area contributed by atoms with E-state index in [0.717, 1.165) is 6.42 Å². The third-order valence-electron chi connectivity index (χ3n) is 2.76. The van der Waals surface area contributed by atoms with Crippen molar-refractivity contribution in [2.45, 2.75) is 32.8 Å². The molecule has 1 atom stereocenters. The minimum absolute atomic E-state index is 0.251. The number of hydrogen-bond donors (Lipinski definition) is 0. The molecule has 0 spiro atoms. The minimum atomic E-state index is -0.312. The molecule has 0 radical (unpaired) electrons. The van der Waals surface area contributed by atoms with Crippen LogP contribution >= 0.6 is 0 Å². The van der Waals surface area contributed by atoms with Gasteiger partial charge in [-0.1, -0.05) is 13.8 Å². The van der Waals surface area contributed by atoms with E-state index in [-0.39, 0.29) is 11.9 Å². The van der Waals surface area contributed by atoms with Gasteiger partial charge < -0.3 is 9.47 Å². The van der Waals surface area contributed by atoms with Gasteiger partial charge in [-0.05, 0) is 30.5 Å². The van der Waals surface area contributed by atoms with E-state index in [1.54, 1.807) is 13.2 Å². The molecule has 0 saturated heterocycles. The van der Waals surface area contributed by atoms with Crippen molar-refractivity contribution in [2.24, 2.45) is 5.92 Å². The summed E-state index contributed by atoms with van der Waals surface area (Å²) in [6, 6.07) is 6.45. The maximum atomic E-state index is 13.4. The average Bonchev–Trinajstić information content (AvgIpc) is 2.37. The molecule has 104 valence electrons. The van der Waals surface area contributed by atoms with Crippen LogP contribution in [0.2, 0.25) is 0 Å². The zero-order chi connectivity index (χ0) is 14.3. The Labute approximate surface area is 114 Å². The minimum Gasteiger partial charge on any atom is -0.496 e. The predicted octanol–water partition coefficient (Wildman–Crippen LogP) is 3.85. The Morgan fingerprint density at radius 3 is 2.68 bits per heavy atom. The Hall–Kier alpha value is -1.60. The third kappa shape index (κ3) is 4.88. The van der Waals surface area contributed by atoms with Crippen LogP contribution in [0.4, 0.5) is 4.39 Å². The van der Waals surface area contributed by atoms with Crippen LogP contribution in [0.3, 0.4) is 0 Å². The van der Waals surface area contributed by atoms with Crippen LogP contribution in [0.5, 0.6) is 5.75 Å². The second-order valence-corrected chi connectivity index (χ2v) is 4.78. The molecule has 4 heteroatoms. The number of methoxy groups -OCH3 is 1. The first-order chi connectivity index (χ1) is 9.08. The van der Waals surface area contributed by atoms with E-state index in [1.807, 2.05) is 6.07 Å². The molecule has 3 nitrogen and oxygen atoms in total. The number of halogens is 1. The predicted molar refractivity (Wildman–Crippen MR) is 71.3 cm³/mol. The quantitative estimate of drug-likeness (QED) is 0.703. The first-order valence-corrected chi connectivity index (χ1v) is 6.40. The first kappa shape index (κ1) is 15.5. The standard InChI is InChI=1S/C15H20FNO2/c1-11(2)9-15(19-8-4-7-17)13-10-12(16)5-6-14(13)18-3/h5-6,10-11,15H,4,8-9H2,1-3H3/t15-/m0/s1. The van der Waals surface area contributed by atoms with Gasteiger partial charge in [0, 0.05) is 5.56 Å². The van der Waals surface area contributed by atoms with Gasteiger partial charge in [0.2, 0.25) is 0 Å². The lowest BCUT2D eigenvalue weighted by Crippen LogP contribution is -2.10. The molecule has 0 aliphatic rings. The lowest BCUT2D eigenvalue weighted by molar-refractivity contribution is 0.0400. The van der Waals surface area contributed by atoms with Crippen LogP contribution < -0.4 is 4.74 Å². The van der Waals surface area contributed by atoms with E-state index in [0.29, 0.717) is 30.3 Å². The van der Waals surface area contributed by atoms with Gasteiger partial charge in [0.25, 0.3) is 0 Å². The third-order valence-corrected chi connectivity index (χ3v) is 2.76. The average molecular weight is 265 g/mol. The summed E-state index contributed by atoms with van der Waals surface area (Å²) in [6.07, 6.45) is 0.830. The van der Waals surface area contributed by atoms with Crippen molar-refractivity contribution >= 4 is 0 Å². The molecule has 0 N–H and O–H groups in total. The number of ether oxygens (including phenoxy) is 2.